The molecular formula is C14H30. The highest BCUT2D eigenvalue weighted by atomic mass is 14.2. The molecule has 3 atom stereocenters. The minimum absolute atomic E-state index is 0.862. The Morgan fingerprint density at radius 1 is 0.643 bits per heavy atom. The quantitative estimate of drug-likeness (QED) is 0.532. The third-order valence-corrected chi connectivity index (χ3v) is 3.18. The van der Waals surface area contributed by atoms with Crippen LogP contribution in [0.2, 0.25) is 0 Å². The van der Waals surface area contributed by atoms with E-state index in [2.05, 4.69) is 41.5 Å². The van der Waals surface area contributed by atoms with E-state index in [1.807, 2.05) is 0 Å². The fourth-order valence-corrected chi connectivity index (χ4v) is 2.54. The average molecular weight is 198 g/mol. The van der Waals surface area contributed by atoms with Crippen LogP contribution in [0.5, 0.6) is 0 Å². The first-order valence-electron chi connectivity index (χ1n) is 6.45. The van der Waals surface area contributed by atoms with E-state index in [1.54, 1.807) is 0 Å². The van der Waals surface area contributed by atoms with Crippen LogP contribution in [-0.4, -0.2) is 0 Å². The lowest BCUT2D eigenvalue weighted by atomic mass is 9.85. The Morgan fingerprint density at radius 3 is 1.50 bits per heavy atom. The molecular weight excluding hydrogens is 168 g/mol. The summed E-state index contributed by atoms with van der Waals surface area (Å²) in [5, 5.41) is 0. The maximum absolute atomic E-state index is 2.42. The SMILES string of the molecule is CC[C@H](C)C[C@@H](C)C[C@H](C)CC(C)C. The molecule has 0 N–H and O–H groups in total. The van der Waals surface area contributed by atoms with E-state index in [1.165, 1.54) is 25.7 Å². The van der Waals surface area contributed by atoms with Crippen molar-refractivity contribution in [3.63, 3.8) is 0 Å². The van der Waals surface area contributed by atoms with Crippen LogP contribution in [0, 0.1) is 23.7 Å². The highest BCUT2D eigenvalue weighted by Crippen LogP contribution is 2.24. The summed E-state index contributed by atoms with van der Waals surface area (Å²) in [6.07, 6.45) is 5.56. The molecule has 0 aliphatic rings. The highest BCUT2D eigenvalue weighted by Gasteiger charge is 2.12. The number of hydrogen-bond donors (Lipinski definition) is 0. The maximum Gasteiger partial charge on any atom is -0.0438 e. The molecule has 0 nitrogen and oxygen atoms in total. The van der Waals surface area contributed by atoms with Crippen LogP contribution >= 0.6 is 0 Å². The van der Waals surface area contributed by atoms with Gasteiger partial charge in [-0.3, -0.25) is 0 Å². The largest absolute Gasteiger partial charge is 0.0651 e. The van der Waals surface area contributed by atoms with Crippen LogP contribution in [0.4, 0.5) is 0 Å². The topological polar surface area (TPSA) is 0 Å². The predicted octanol–water partition coefficient (Wildman–Crippen LogP) is 5.13. The van der Waals surface area contributed by atoms with E-state index in [0.717, 1.165) is 23.7 Å². The minimum Gasteiger partial charge on any atom is -0.0651 e. The van der Waals surface area contributed by atoms with Crippen molar-refractivity contribution < 1.29 is 0 Å². The molecule has 0 spiro atoms. The molecule has 0 saturated carbocycles. The monoisotopic (exact) mass is 198 g/mol. The normalized spacial score (nSPS) is 18.2. The van der Waals surface area contributed by atoms with E-state index < -0.39 is 0 Å². The van der Waals surface area contributed by atoms with E-state index >= 15 is 0 Å². The first-order valence-corrected chi connectivity index (χ1v) is 6.45. The van der Waals surface area contributed by atoms with Gasteiger partial charge in [-0.2, -0.15) is 0 Å². The smallest absolute Gasteiger partial charge is 0.0438 e. The van der Waals surface area contributed by atoms with Gasteiger partial charge in [-0.25, -0.2) is 0 Å². The Labute approximate surface area is 91.5 Å². The van der Waals surface area contributed by atoms with Crippen molar-refractivity contribution in [2.24, 2.45) is 23.7 Å². The van der Waals surface area contributed by atoms with Crippen LogP contribution < -0.4 is 0 Å². The third-order valence-electron chi connectivity index (χ3n) is 3.18. The van der Waals surface area contributed by atoms with Gasteiger partial charge in [-0.05, 0) is 42.9 Å². The lowest BCUT2D eigenvalue weighted by molar-refractivity contribution is 0.310. The van der Waals surface area contributed by atoms with Crippen molar-refractivity contribution in [3.05, 3.63) is 0 Å². The van der Waals surface area contributed by atoms with E-state index in [0.29, 0.717) is 0 Å². The minimum atomic E-state index is 0.862. The van der Waals surface area contributed by atoms with Gasteiger partial charge in [-0.1, -0.05) is 48.0 Å². The van der Waals surface area contributed by atoms with Crippen LogP contribution in [0.1, 0.15) is 67.2 Å². The Hall–Kier alpha value is 0. The van der Waals surface area contributed by atoms with Gasteiger partial charge in [0.1, 0.15) is 0 Å². The van der Waals surface area contributed by atoms with Crippen LogP contribution in [0.25, 0.3) is 0 Å². The van der Waals surface area contributed by atoms with Gasteiger partial charge < -0.3 is 0 Å². The molecule has 0 aromatic heterocycles. The number of hydrogen-bond acceptors (Lipinski definition) is 0. The summed E-state index contributed by atoms with van der Waals surface area (Å²) in [4.78, 5) is 0. The maximum atomic E-state index is 2.42. The Bertz CT molecular complexity index is 126. The highest BCUT2D eigenvalue weighted by molar-refractivity contribution is 4.64. The van der Waals surface area contributed by atoms with Crippen molar-refractivity contribution >= 4 is 0 Å². The van der Waals surface area contributed by atoms with E-state index in [9.17, 15) is 0 Å². The van der Waals surface area contributed by atoms with Crippen LogP contribution in [0.15, 0.2) is 0 Å². The summed E-state index contributed by atoms with van der Waals surface area (Å²) in [5.41, 5.74) is 0. The summed E-state index contributed by atoms with van der Waals surface area (Å²) in [7, 11) is 0. The molecule has 14 heavy (non-hydrogen) atoms. The first-order chi connectivity index (χ1) is 6.45. The zero-order valence-electron chi connectivity index (χ0n) is 11.1. The molecule has 0 aliphatic heterocycles. The lowest BCUT2D eigenvalue weighted by Gasteiger charge is -2.21. The second-order valence-corrected chi connectivity index (χ2v) is 5.82. The van der Waals surface area contributed by atoms with Gasteiger partial charge in [0.25, 0.3) is 0 Å². The molecule has 86 valence electrons. The molecule has 0 saturated heterocycles. The molecule has 0 heterocycles. The van der Waals surface area contributed by atoms with Crippen molar-refractivity contribution in [3.8, 4) is 0 Å². The molecule has 0 rings (SSSR count). The fraction of sp³-hybridized carbons (Fsp3) is 1.00. The van der Waals surface area contributed by atoms with Gasteiger partial charge in [0, 0.05) is 0 Å². The molecule has 0 aromatic rings. The van der Waals surface area contributed by atoms with Crippen molar-refractivity contribution in [2.45, 2.75) is 67.2 Å². The summed E-state index contributed by atoms with van der Waals surface area (Å²) in [6.45, 7) is 14.2. The molecule has 0 bridgehead atoms. The van der Waals surface area contributed by atoms with E-state index in [4.69, 9.17) is 0 Å². The first kappa shape index (κ1) is 14.0. The average Bonchev–Trinajstić information content (AvgIpc) is 2.01. The lowest BCUT2D eigenvalue weighted by Crippen LogP contribution is -2.09. The summed E-state index contributed by atoms with van der Waals surface area (Å²) >= 11 is 0. The van der Waals surface area contributed by atoms with Gasteiger partial charge in [0.15, 0.2) is 0 Å². The molecule has 0 aromatic carbocycles. The van der Waals surface area contributed by atoms with Gasteiger partial charge >= 0.3 is 0 Å². The summed E-state index contributed by atoms with van der Waals surface area (Å²) in [6, 6.07) is 0. The molecule has 0 fully saturated rings. The molecule has 0 radical (unpaired) electrons. The second kappa shape index (κ2) is 7.31. The van der Waals surface area contributed by atoms with Gasteiger partial charge in [-0.15, -0.1) is 0 Å². The fourth-order valence-electron chi connectivity index (χ4n) is 2.54. The zero-order chi connectivity index (χ0) is 11.1. The van der Waals surface area contributed by atoms with E-state index in [-0.39, 0.29) is 0 Å². The van der Waals surface area contributed by atoms with Gasteiger partial charge in [0.05, 0.1) is 0 Å². The molecule has 0 unspecified atom stereocenters. The van der Waals surface area contributed by atoms with Crippen LogP contribution in [0.3, 0.4) is 0 Å². The van der Waals surface area contributed by atoms with Gasteiger partial charge in [0.2, 0.25) is 0 Å². The Balaban J connectivity index is 3.65. The number of rotatable bonds is 7. The second-order valence-electron chi connectivity index (χ2n) is 5.82. The third kappa shape index (κ3) is 7.41. The van der Waals surface area contributed by atoms with Crippen molar-refractivity contribution in [2.75, 3.05) is 0 Å². The van der Waals surface area contributed by atoms with Crippen LogP contribution in [-0.2, 0) is 0 Å². The standard InChI is InChI=1S/C14H30/c1-7-12(4)9-14(6)10-13(5)8-11(2)3/h11-14H,7-10H2,1-6H3/t12-,13+,14+/m0/s1. The predicted molar refractivity (Wildman–Crippen MR) is 66.5 cm³/mol. The van der Waals surface area contributed by atoms with Crippen molar-refractivity contribution in [1.82, 2.24) is 0 Å². The Morgan fingerprint density at radius 2 is 1.07 bits per heavy atom. The molecule has 0 amide bonds. The summed E-state index contributed by atoms with van der Waals surface area (Å²) in [5.74, 6) is 3.60. The molecule has 0 aliphatic carbocycles. The summed E-state index contributed by atoms with van der Waals surface area (Å²) < 4.78 is 0. The Kier molecular flexibility index (Phi) is 7.31. The van der Waals surface area contributed by atoms with Crippen molar-refractivity contribution in [1.29, 1.82) is 0 Å². The molecule has 0 heteroatoms. The zero-order valence-corrected chi connectivity index (χ0v) is 11.1.